The van der Waals surface area contributed by atoms with Crippen molar-refractivity contribution in [1.82, 2.24) is 0 Å². The van der Waals surface area contributed by atoms with Gasteiger partial charge in [0.2, 0.25) is 0 Å². The minimum atomic E-state index is -3.42. The van der Waals surface area contributed by atoms with Gasteiger partial charge in [0, 0.05) is 0 Å². The molecule has 0 aromatic heterocycles. The molecule has 0 N–H and O–H groups in total. The lowest BCUT2D eigenvalue weighted by Crippen LogP contribution is -2.14. The van der Waals surface area contributed by atoms with Crippen LogP contribution in [0.4, 0.5) is 0 Å². The molecule has 0 atom stereocenters. The Morgan fingerprint density at radius 3 is 1.00 bits per heavy atom. The van der Waals surface area contributed by atoms with Crippen molar-refractivity contribution in [2.75, 3.05) is 65.4 Å². The van der Waals surface area contributed by atoms with Crippen molar-refractivity contribution in [1.29, 1.82) is 0 Å². The molecule has 0 unspecified atom stereocenters. The fraction of sp³-hybridized carbons (Fsp3) is 1.00. The SMILES string of the molecule is CS(=O)(=O)OCCOCCOCCOCCOS(C)(=O)=O. The fourth-order valence-electron chi connectivity index (χ4n) is 1.03. The standard InChI is InChI=1S/C10H22O9S2/c1-20(11,12)18-9-7-16-5-3-15-4-6-17-8-10-19-21(2,13)14/h3-10H2,1-2H3. The molecule has 0 saturated carbocycles. The molecule has 0 saturated heterocycles. The smallest absolute Gasteiger partial charge is 0.264 e. The van der Waals surface area contributed by atoms with Crippen LogP contribution in [0.25, 0.3) is 0 Å². The molecule has 0 amide bonds. The summed E-state index contributed by atoms with van der Waals surface area (Å²) in [5, 5.41) is 0. The van der Waals surface area contributed by atoms with Gasteiger partial charge in [0.15, 0.2) is 0 Å². The summed E-state index contributed by atoms with van der Waals surface area (Å²) < 4.78 is 66.7. The largest absolute Gasteiger partial charge is 0.377 e. The molecule has 0 aliphatic rings. The summed E-state index contributed by atoms with van der Waals surface area (Å²) in [5.41, 5.74) is 0. The highest BCUT2D eigenvalue weighted by molar-refractivity contribution is 7.86. The molecule has 0 aromatic rings. The highest BCUT2D eigenvalue weighted by Crippen LogP contribution is 1.88. The predicted molar refractivity (Wildman–Crippen MR) is 74.0 cm³/mol. The van der Waals surface area contributed by atoms with E-state index in [1.54, 1.807) is 0 Å². The molecule has 128 valence electrons. The van der Waals surface area contributed by atoms with Crippen LogP contribution in [-0.2, 0) is 42.8 Å². The van der Waals surface area contributed by atoms with Crippen LogP contribution in [0.3, 0.4) is 0 Å². The maximum absolute atomic E-state index is 10.6. The first-order chi connectivity index (χ1) is 9.71. The van der Waals surface area contributed by atoms with Crippen LogP contribution in [0.2, 0.25) is 0 Å². The predicted octanol–water partition coefficient (Wildman–Crippen LogP) is -1.01. The Labute approximate surface area is 125 Å². The summed E-state index contributed by atoms with van der Waals surface area (Å²) in [6, 6.07) is 0. The second-order valence-corrected chi connectivity index (χ2v) is 7.18. The maximum Gasteiger partial charge on any atom is 0.264 e. The molecule has 0 aliphatic carbocycles. The van der Waals surface area contributed by atoms with Gasteiger partial charge in [-0.25, -0.2) is 0 Å². The van der Waals surface area contributed by atoms with Gasteiger partial charge in [0.25, 0.3) is 20.2 Å². The molecule has 0 radical (unpaired) electrons. The lowest BCUT2D eigenvalue weighted by molar-refractivity contribution is 0.00567. The third kappa shape index (κ3) is 19.7. The topological polar surface area (TPSA) is 114 Å². The van der Waals surface area contributed by atoms with Crippen molar-refractivity contribution in [3.63, 3.8) is 0 Å². The lowest BCUT2D eigenvalue weighted by Gasteiger charge is -2.06. The Hall–Kier alpha value is -0.300. The number of rotatable bonds is 14. The van der Waals surface area contributed by atoms with Gasteiger partial charge in [0.1, 0.15) is 0 Å². The zero-order chi connectivity index (χ0) is 16.2. The van der Waals surface area contributed by atoms with Gasteiger partial charge in [-0.2, -0.15) is 16.8 Å². The van der Waals surface area contributed by atoms with Crippen LogP contribution in [0, 0.1) is 0 Å². The molecule has 9 nitrogen and oxygen atoms in total. The van der Waals surface area contributed by atoms with Crippen molar-refractivity contribution in [3.8, 4) is 0 Å². The van der Waals surface area contributed by atoms with Crippen molar-refractivity contribution < 1.29 is 39.4 Å². The average molecular weight is 350 g/mol. The van der Waals surface area contributed by atoms with Crippen molar-refractivity contribution in [2.24, 2.45) is 0 Å². The van der Waals surface area contributed by atoms with Crippen LogP contribution < -0.4 is 0 Å². The first-order valence-electron chi connectivity index (χ1n) is 6.13. The Bertz CT molecular complexity index is 401. The number of hydrogen-bond donors (Lipinski definition) is 0. The fourth-order valence-corrected chi connectivity index (χ4v) is 1.77. The Morgan fingerprint density at radius 1 is 0.524 bits per heavy atom. The second kappa shape index (κ2) is 11.3. The normalized spacial score (nSPS) is 12.7. The van der Waals surface area contributed by atoms with Crippen LogP contribution in [-0.4, -0.2) is 82.2 Å². The highest BCUT2D eigenvalue weighted by atomic mass is 32.2. The van der Waals surface area contributed by atoms with E-state index in [1.165, 1.54) is 0 Å². The van der Waals surface area contributed by atoms with Crippen molar-refractivity contribution in [2.45, 2.75) is 0 Å². The summed E-state index contributed by atoms with van der Waals surface area (Å²) in [4.78, 5) is 0. The van der Waals surface area contributed by atoms with E-state index in [9.17, 15) is 16.8 Å². The lowest BCUT2D eigenvalue weighted by atomic mass is 10.7. The van der Waals surface area contributed by atoms with Gasteiger partial charge in [-0.1, -0.05) is 0 Å². The van der Waals surface area contributed by atoms with E-state index < -0.39 is 20.2 Å². The van der Waals surface area contributed by atoms with Gasteiger partial charge < -0.3 is 14.2 Å². The molecule has 0 fully saturated rings. The summed E-state index contributed by atoms with van der Waals surface area (Å²) in [6.45, 7) is 1.56. The zero-order valence-electron chi connectivity index (χ0n) is 12.1. The monoisotopic (exact) mass is 350 g/mol. The van der Waals surface area contributed by atoms with Crippen molar-refractivity contribution >= 4 is 20.2 Å². The quantitative estimate of drug-likeness (QED) is 0.287. The first-order valence-corrected chi connectivity index (χ1v) is 9.76. The molecule has 0 aromatic carbocycles. The minimum Gasteiger partial charge on any atom is -0.377 e. The maximum atomic E-state index is 10.6. The molecule has 0 heterocycles. The van der Waals surface area contributed by atoms with Gasteiger partial charge in [-0.15, -0.1) is 0 Å². The molecule has 0 aliphatic heterocycles. The summed E-state index contributed by atoms with van der Waals surface area (Å²) in [6.07, 6.45) is 1.94. The van der Waals surface area contributed by atoms with Gasteiger partial charge in [-0.05, 0) is 0 Å². The molecular formula is C10H22O9S2. The van der Waals surface area contributed by atoms with Crippen LogP contribution in [0.5, 0.6) is 0 Å². The van der Waals surface area contributed by atoms with Crippen molar-refractivity contribution in [3.05, 3.63) is 0 Å². The molecule has 21 heavy (non-hydrogen) atoms. The highest BCUT2D eigenvalue weighted by Gasteiger charge is 2.01. The Morgan fingerprint density at radius 2 is 0.762 bits per heavy atom. The average Bonchev–Trinajstić information content (AvgIpc) is 2.32. The van der Waals surface area contributed by atoms with E-state index in [4.69, 9.17) is 14.2 Å². The van der Waals surface area contributed by atoms with Crippen LogP contribution in [0.1, 0.15) is 0 Å². The molecular weight excluding hydrogens is 328 g/mol. The first kappa shape index (κ1) is 20.7. The number of hydrogen-bond acceptors (Lipinski definition) is 9. The van der Waals surface area contributed by atoms with Gasteiger partial charge in [-0.3, -0.25) is 8.37 Å². The van der Waals surface area contributed by atoms with Crippen LogP contribution in [0.15, 0.2) is 0 Å². The molecule has 0 rings (SSSR count). The summed E-state index contributed by atoms with van der Waals surface area (Å²) >= 11 is 0. The molecule has 0 bridgehead atoms. The zero-order valence-corrected chi connectivity index (χ0v) is 13.8. The van der Waals surface area contributed by atoms with Crippen LogP contribution >= 0.6 is 0 Å². The van der Waals surface area contributed by atoms with E-state index in [2.05, 4.69) is 8.37 Å². The van der Waals surface area contributed by atoms with Gasteiger partial charge >= 0.3 is 0 Å². The van der Waals surface area contributed by atoms with E-state index in [-0.39, 0.29) is 26.4 Å². The Balaban J connectivity index is 3.16. The van der Waals surface area contributed by atoms with Gasteiger partial charge in [0.05, 0.1) is 65.4 Å². The van der Waals surface area contributed by atoms with E-state index in [0.29, 0.717) is 26.4 Å². The Kier molecular flexibility index (Phi) is 11.1. The molecule has 0 spiro atoms. The summed E-state index contributed by atoms with van der Waals surface area (Å²) in [5.74, 6) is 0. The molecule has 11 heteroatoms. The van der Waals surface area contributed by atoms with E-state index in [0.717, 1.165) is 12.5 Å². The van der Waals surface area contributed by atoms with E-state index in [1.807, 2.05) is 0 Å². The second-order valence-electron chi connectivity index (χ2n) is 3.89. The third-order valence-electron chi connectivity index (χ3n) is 1.79. The minimum absolute atomic E-state index is 0.0255. The number of ether oxygens (including phenoxy) is 3. The third-order valence-corrected chi connectivity index (χ3v) is 2.98. The summed E-state index contributed by atoms with van der Waals surface area (Å²) in [7, 11) is -6.84. The van der Waals surface area contributed by atoms with E-state index >= 15 is 0 Å².